The zero-order valence-electron chi connectivity index (χ0n) is 17.8. The Balaban J connectivity index is 1.32. The first-order chi connectivity index (χ1) is 16.2. The second kappa shape index (κ2) is 9.24. The molecule has 0 saturated carbocycles. The van der Waals surface area contributed by atoms with Crippen molar-refractivity contribution in [3.8, 4) is 0 Å². The van der Waals surface area contributed by atoms with E-state index in [0.29, 0.717) is 5.56 Å². The Morgan fingerprint density at radius 1 is 0.606 bits per heavy atom. The van der Waals surface area contributed by atoms with Gasteiger partial charge in [-0.3, -0.25) is 9.78 Å². The molecule has 33 heavy (non-hydrogen) atoms. The van der Waals surface area contributed by atoms with Crippen LogP contribution in [-0.4, -0.2) is 10.9 Å². The smallest absolute Gasteiger partial charge is 0.255 e. The van der Waals surface area contributed by atoms with E-state index in [1.165, 1.54) is 0 Å². The van der Waals surface area contributed by atoms with Crippen molar-refractivity contribution < 1.29 is 4.79 Å². The largest absolute Gasteiger partial charge is 0.355 e. The Bertz CT molecular complexity index is 1410. The molecule has 5 rings (SSSR count). The molecule has 5 aromatic rings. The van der Waals surface area contributed by atoms with Gasteiger partial charge in [0.25, 0.3) is 5.91 Å². The normalized spacial score (nSPS) is 10.5. The van der Waals surface area contributed by atoms with Gasteiger partial charge in [0, 0.05) is 45.6 Å². The van der Waals surface area contributed by atoms with Gasteiger partial charge in [-0.05, 0) is 60.7 Å². The van der Waals surface area contributed by atoms with E-state index in [1.807, 2.05) is 103 Å². The number of nitrogens with zero attached hydrogens (tertiary/aromatic N) is 1. The number of benzene rings is 4. The number of pyridine rings is 1. The lowest BCUT2D eigenvalue weighted by atomic mass is 10.1. The lowest BCUT2D eigenvalue weighted by Crippen LogP contribution is -2.12. The zero-order valence-corrected chi connectivity index (χ0v) is 17.8. The first-order valence-electron chi connectivity index (χ1n) is 10.7. The van der Waals surface area contributed by atoms with Crippen LogP contribution < -0.4 is 16.0 Å². The minimum Gasteiger partial charge on any atom is -0.355 e. The Kier molecular flexibility index (Phi) is 5.68. The predicted molar refractivity (Wildman–Crippen MR) is 136 cm³/mol. The minimum atomic E-state index is -0.171. The van der Waals surface area contributed by atoms with Crippen LogP contribution in [0.1, 0.15) is 10.4 Å². The molecular weight excluding hydrogens is 408 g/mol. The van der Waals surface area contributed by atoms with Crippen LogP contribution in [0.25, 0.3) is 10.9 Å². The van der Waals surface area contributed by atoms with Gasteiger partial charge < -0.3 is 16.0 Å². The van der Waals surface area contributed by atoms with Gasteiger partial charge in [-0.2, -0.15) is 0 Å². The van der Waals surface area contributed by atoms with Crippen molar-refractivity contribution in [2.45, 2.75) is 0 Å². The Morgan fingerprint density at radius 3 is 2.18 bits per heavy atom. The number of nitrogens with one attached hydrogen (secondary N) is 3. The van der Waals surface area contributed by atoms with E-state index in [1.54, 1.807) is 12.3 Å². The predicted octanol–water partition coefficient (Wildman–Crippen LogP) is 6.97. The van der Waals surface area contributed by atoms with Gasteiger partial charge in [0.05, 0.1) is 5.52 Å². The first kappa shape index (κ1) is 20.3. The number of amides is 1. The molecule has 0 aliphatic rings. The van der Waals surface area contributed by atoms with E-state index in [-0.39, 0.29) is 5.91 Å². The fraction of sp³-hybridized carbons (Fsp3) is 0. The molecule has 5 nitrogen and oxygen atoms in total. The average molecular weight is 431 g/mol. The van der Waals surface area contributed by atoms with Gasteiger partial charge in [-0.1, -0.05) is 48.5 Å². The number of rotatable bonds is 6. The molecule has 0 saturated heterocycles. The van der Waals surface area contributed by atoms with Crippen LogP contribution in [0.15, 0.2) is 115 Å². The fourth-order valence-electron chi connectivity index (χ4n) is 3.66. The first-order valence-corrected chi connectivity index (χ1v) is 10.7. The van der Waals surface area contributed by atoms with Gasteiger partial charge in [0.15, 0.2) is 0 Å². The van der Waals surface area contributed by atoms with Crippen molar-refractivity contribution in [3.05, 3.63) is 121 Å². The summed E-state index contributed by atoms with van der Waals surface area (Å²) in [6.45, 7) is 0. The van der Waals surface area contributed by atoms with E-state index in [9.17, 15) is 4.79 Å². The third-order valence-electron chi connectivity index (χ3n) is 5.24. The molecule has 0 bridgehead atoms. The maximum absolute atomic E-state index is 12.9. The van der Waals surface area contributed by atoms with E-state index < -0.39 is 0 Å². The summed E-state index contributed by atoms with van der Waals surface area (Å²) in [6, 6.07) is 34.9. The molecule has 160 valence electrons. The van der Waals surface area contributed by atoms with Crippen LogP contribution >= 0.6 is 0 Å². The van der Waals surface area contributed by atoms with Crippen molar-refractivity contribution >= 4 is 45.2 Å². The molecule has 0 fully saturated rings. The Labute approximate surface area is 192 Å². The van der Waals surface area contributed by atoms with E-state index in [0.717, 1.165) is 39.3 Å². The lowest BCUT2D eigenvalue weighted by Gasteiger charge is -2.12. The van der Waals surface area contributed by atoms with Crippen LogP contribution in [-0.2, 0) is 0 Å². The summed E-state index contributed by atoms with van der Waals surface area (Å²) in [7, 11) is 0. The number of hydrogen-bond donors (Lipinski definition) is 3. The molecule has 0 radical (unpaired) electrons. The van der Waals surface area contributed by atoms with E-state index in [2.05, 4.69) is 20.9 Å². The quantitative estimate of drug-likeness (QED) is 0.272. The fourth-order valence-corrected chi connectivity index (χ4v) is 3.66. The van der Waals surface area contributed by atoms with Gasteiger partial charge in [0.1, 0.15) is 0 Å². The van der Waals surface area contributed by atoms with E-state index >= 15 is 0 Å². The number of carbonyl (C=O) groups is 1. The molecule has 0 unspecified atom stereocenters. The summed E-state index contributed by atoms with van der Waals surface area (Å²) in [5.41, 5.74) is 5.87. The third kappa shape index (κ3) is 4.83. The standard InChI is InChI=1S/C28H22N4O/c33-28(32-24-13-7-12-23(19-24)30-21-9-2-1-3-10-21)20-8-6-11-22(18-20)31-27-16-17-29-26-15-5-4-14-25(26)27/h1-19,30H,(H,29,31)(H,32,33). The molecule has 0 spiro atoms. The Morgan fingerprint density at radius 2 is 1.30 bits per heavy atom. The summed E-state index contributed by atoms with van der Waals surface area (Å²) in [5, 5.41) is 10.8. The summed E-state index contributed by atoms with van der Waals surface area (Å²) < 4.78 is 0. The molecule has 3 N–H and O–H groups in total. The minimum absolute atomic E-state index is 0.171. The van der Waals surface area contributed by atoms with Crippen molar-refractivity contribution in [1.82, 2.24) is 4.98 Å². The van der Waals surface area contributed by atoms with Crippen LogP contribution in [0.4, 0.5) is 28.4 Å². The highest BCUT2D eigenvalue weighted by atomic mass is 16.1. The van der Waals surface area contributed by atoms with Gasteiger partial charge in [0.2, 0.25) is 0 Å². The number of aromatic nitrogens is 1. The summed E-state index contributed by atoms with van der Waals surface area (Å²) in [6.07, 6.45) is 1.78. The van der Waals surface area contributed by atoms with Crippen LogP contribution in [0.5, 0.6) is 0 Å². The Hall–Kier alpha value is -4.64. The lowest BCUT2D eigenvalue weighted by molar-refractivity contribution is 0.102. The topological polar surface area (TPSA) is 66.1 Å². The number of anilines is 5. The molecule has 5 heteroatoms. The summed E-state index contributed by atoms with van der Waals surface area (Å²) >= 11 is 0. The van der Waals surface area contributed by atoms with Crippen LogP contribution in [0.2, 0.25) is 0 Å². The maximum atomic E-state index is 12.9. The number of carbonyl (C=O) groups excluding carboxylic acids is 1. The highest BCUT2D eigenvalue weighted by Crippen LogP contribution is 2.26. The zero-order chi connectivity index (χ0) is 22.5. The van der Waals surface area contributed by atoms with Crippen molar-refractivity contribution in [3.63, 3.8) is 0 Å². The second-order valence-electron chi connectivity index (χ2n) is 7.61. The van der Waals surface area contributed by atoms with Crippen LogP contribution in [0.3, 0.4) is 0 Å². The van der Waals surface area contributed by atoms with Gasteiger partial charge >= 0.3 is 0 Å². The van der Waals surface area contributed by atoms with Crippen molar-refractivity contribution in [2.75, 3.05) is 16.0 Å². The second-order valence-corrected chi connectivity index (χ2v) is 7.61. The summed E-state index contributed by atoms with van der Waals surface area (Å²) in [5.74, 6) is -0.171. The molecule has 0 aliphatic carbocycles. The monoisotopic (exact) mass is 430 g/mol. The highest BCUT2D eigenvalue weighted by Gasteiger charge is 2.09. The molecule has 4 aromatic carbocycles. The third-order valence-corrected chi connectivity index (χ3v) is 5.24. The maximum Gasteiger partial charge on any atom is 0.255 e. The SMILES string of the molecule is O=C(Nc1cccc(Nc2ccccc2)c1)c1cccc(Nc2ccnc3ccccc23)c1. The molecule has 0 atom stereocenters. The van der Waals surface area contributed by atoms with Gasteiger partial charge in [-0.15, -0.1) is 0 Å². The summed E-state index contributed by atoms with van der Waals surface area (Å²) in [4.78, 5) is 17.3. The average Bonchev–Trinajstić information content (AvgIpc) is 2.85. The van der Waals surface area contributed by atoms with E-state index in [4.69, 9.17) is 0 Å². The van der Waals surface area contributed by atoms with Crippen molar-refractivity contribution in [2.24, 2.45) is 0 Å². The van der Waals surface area contributed by atoms with Gasteiger partial charge in [-0.25, -0.2) is 0 Å². The number of para-hydroxylation sites is 2. The molecular formula is C28H22N4O. The van der Waals surface area contributed by atoms with Crippen LogP contribution in [0, 0.1) is 0 Å². The number of fused-ring (bicyclic) bond motifs is 1. The molecule has 1 heterocycles. The number of hydrogen-bond acceptors (Lipinski definition) is 4. The molecule has 1 amide bonds. The highest BCUT2D eigenvalue weighted by molar-refractivity contribution is 6.05. The molecule has 0 aliphatic heterocycles. The van der Waals surface area contributed by atoms with Crippen molar-refractivity contribution in [1.29, 1.82) is 0 Å². The molecule has 1 aromatic heterocycles.